The van der Waals surface area contributed by atoms with Crippen LogP contribution in [0.5, 0.6) is 0 Å². The molecule has 98 valence electrons. The van der Waals surface area contributed by atoms with E-state index in [0.717, 1.165) is 21.6 Å². The summed E-state index contributed by atoms with van der Waals surface area (Å²) in [6, 6.07) is 6.68. The van der Waals surface area contributed by atoms with E-state index in [9.17, 15) is 0 Å². The van der Waals surface area contributed by atoms with Gasteiger partial charge < -0.3 is 11.1 Å². The molecule has 2 unspecified atom stereocenters. The van der Waals surface area contributed by atoms with Crippen LogP contribution >= 0.6 is 28.1 Å². The predicted molar refractivity (Wildman–Crippen MR) is 85.1 cm³/mol. The van der Waals surface area contributed by atoms with Gasteiger partial charge in [-0.1, -0.05) is 32.0 Å². The van der Waals surface area contributed by atoms with Gasteiger partial charge in [0, 0.05) is 21.8 Å². The second-order valence-corrected chi connectivity index (χ2v) is 6.37. The van der Waals surface area contributed by atoms with Gasteiger partial charge in [-0.25, -0.2) is 0 Å². The van der Waals surface area contributed by atoms with Gasteiger partial charge in [0.15, 0.2) is 0 Å². The predicted octanol–water partition coefficient (Wildman–Crippen LogP) is 4.07. The van der Waals surface area contributed by atoms with Crippen molar-refractivity contribution in [2.45, 2.75) is 38.6 Å². The van der Waals surface area contributed by atoms with Crippen molar-refractivity contribution in [1.29, 1.82) is 0 Å². The fourth-order valence-electron chi connectivity index (χ4n) is 2.55. The van der Waals surface area contributed by atoms with Crippen molar-refractivity contribution < 1.29 is 0 Å². The maximum absolute atomic E-state index is 5.65. The molecule has 0 bridgehead atoms. The number of halogens is 1. The average molecular weight is 327 g/mol. The van der Waals surface area contributed by atoms with Crippen LogP contribution < -0.4 is 11.1 Å². The first-order valence-electron chi connectivity index (χ1n) is 6.44. The largest absolute Gasteiger partial charge is 0.389 e. The van der Waals surface area contributed by atoms with Gasteiger partial charge in [-0.3, -0.25) is 0 Å². The Morgan fingerprint density at radius 2 is 2.11 bits per heavy atom. The number of nitrogens with two attached hydrogens (primary N) is 1. The Hall–Kier alpha value is -0.610. The first-order valence-corrected chi connectivity index (χ1v) is 7.64. The van der Waals surface area contributed by atoms with Gasteiger partial charge in [0.2, 0.25) is 0 Å². The van der Waals surface area contributed by atoms with E-state index in [1.54, 1.807) is 0 Å². The van der Waals surface area contributed by atoms with Crippen LogP contribution in [0.25, 0.3) is 0 Å². The van der Waals surface area contributed by atoms with Crippen molar-refractivity contribution in [2.75, 3.05) is 5.32 Å². The maximum Gasteiger partial charge on any atom is 0.105 e. The highest BCUT2D eigenvalue weighted by Gasteiger charge is 2.21. The summed E-state index contributed by atoms with van der Waals surface area (Å²) in [5.41, 5.74) is 7.69. The Morgan fingerprint density at radius 3 is 2.72 bits per heavy atom. The Labute approximate surface area is 122 Å². The van der Waals surface area contributed by atoms with Gasteiger partial charge in [0.25, 0.3) is 0 Å². The molecule has 0 spiro atoms. The molecule has 1 aliphatic rings. The van der Waals surface area contributed by atoms with Gasteiger partial charge in [-0.05, 0) is 52.9 Å². The van der Waals surface area contributed by atoms with E-state index in [1.807, 2.05) is 6.07 Å². The Morgan fingerprint density at radius 1 is 1.39 bits per heavy atom. The van der Waals surface area contributed by atoms with Crippen molar-refractivity contribution in [3.63, 3.8) is 0 Å². The summed E-state index contributed by atoms with van der Waals surface area (Å²) >= 11 is 8.52. The normalized spacial score (nSPS) is 23.7. The topological polar surface area (TPSA) is 38.0 Å². The highest BCUT2D eigenvalue weighted by molar-refractivity contribution is 9.10. The molecule has 1 fully saturated rings. The molecule has 0 heterocycles. The summed E-state index contributed by atoms with van der Waals surface area (Å²) in [7, 11) is 0. The highest BCUT2D eigenvalue weighted by Crippen LogP contribution is 2.28. The van der Waals surface area contributed by atoms with Crippen LogP contribution in [0.3, 0.4) is 0 Å². The van der Waals surface area contributed by atoms with Crippen LogP contribution in [0.15, 0.2) is 22.7 Å². The average Bonchev–Trinajstić information content (AvgIpc) is 2.32. The van der Waals surface area contributed by atoms with E-state index >= 15 is 0 Å². The lowest BCUT2D eigenvalue weighted by atomic mass is 9.86. The summed E-state index contributed by atoms with van der Waals surface area (Å²) in [4.78, 5) is 0.430. The third-order valence-electron chi connectivity index (χ3n) is 3.70. The van der Waals surface area contributed by atoms with Gasteiger partial charge >= 0.3 is 0 Å². The standard InChI is InChI=1S/C14H19BrN2S/c1-9-4-2-3-5-13(9)17-10-6-7-11(14(16)18)12(15)8-10/h6-9,13,17H,2-5H2,1H3,(H2,16,18). The molecule has 1 aromatic carbocycles. The third kappa shape index (κ3) is 3.23. The second kappa shape index (κ2) is 6.02. The molecular weight excluding hydrogens is 308 g/mol. The molecule has 0 amide bonds. The van der Waals surface area contributed by atoms with Crippen molar-refractivity contribution in [1.82, 2.24) is 0 Å². The van der Waals surface area contributed by atoms with Crippen molar-refractivity contribution in [3.8, 4) is 0 Å². The lowest BCUT2D eigenvalue weighted by Gasteiger charge is -2.30. The SMILES string of the molecule is CC1CCCCC1Nc1ccc(C(N)=S)c(Br)c1. The van der Waals surface area contributed by atoms with E-state index in [1.165, 1.54) is 25.7 Å². The molecular formula is C14H19BrN2S. The van der Waals surface area contributed by atoms with Crippen LogP contribution in [0.2, 0.25) is 0 Å². The van der Waals surface area contributed by atoms with Gasteiger partial charge in [-0.2, -0.15) is 0 Å². The summed E-state index contributed by atoms with van der Waals surface area (Å²) in [6.45, 7) is 2.33. The molecule has 3 N–H and O–H groups in total. The molecule has 1 aromatic rings. The molecule has 0 aliphatic heterocycles. The fourth-order valence-corrected chi connectivity index (χ4v) is 3.45. The maximum atomic E-state index is 5.65. The Balaban J connectivity index is 2.10. The van der Waals surface area contributed by atoms with Crippen LogP contribution in [0, 0.1) is 5.92 Å². The molecule has 0 radical (unpaired) electrons. The number of anilines is 1. The Bertz CT molecular complexity index is 447. The molecule has 1 saturated carbocycles. The minimum Gasteiger partial charge on any atom is -0.389 e. The van der Waals surface area contributed by atoms with Crippen LogP contribution in [0.1, 0.15) is 38.2 Å². The molecule has 1 aliphatic carbocycles. The summed E-state index contributed by atoms with van der Waals surface area (Å²) in [5.74, 6) is 0.743. The zero-order chi connectivity index (χ0) is 13.1. The fraction of sp³-hybridized carbons (Fsp3) is 0.500. The van der Waals surface area contributed by atoms with E-state index in [4.69, 9.17) is 18.0 Å². The van der Waals surface area contributed by atoms with Crippen LogP contribution in [-0.2, 0) is 0 Å². The molecule has 2 nitrogen and oxygen atoms in total. The lowest BCUT2D eigenvalue weighted by molar-refractivity contribution is 0.349. The smallest absolute Gasteiger partial charge is 0.105 e. The number of hydrogen-bond acceptors (Lipinski definition) is 2. The Kier molecular flexibility index (Phi) is 4.62. The summed E-state index contributed by atoms with van der Waals surface area (Å²) in [5, 5.41) is 3.62. The molecule has 4 heteroatoms. The first-order chi connectivity index (χ1) is 8.58. The van der Waals surface area contributed by atoms with Crippen molar-refractivity contribution >= 4 is 38.8 Å². The second-order valence-electron chi connectivity index (χ2n) is 5.07. The zero-order valence-corrected chi connectivity index (χ0v) is 13.0. The third-order valence-corrected chi connectivity index (χ3v) is 4.57. The van der Waals surface area contributed by atoms with E-state index < -0.39 is 0 Å². The number of benzene rings is 1. The quantitative estimate of drug-likeness (QED) is 0.822. The molecule has 0 saturated heterocycles. The highest BCUT2D eigenvalue weighted by atomic mass is 79.9. The minimum atomic E-state index is 0.430. The first kappa shape index (κ1) is 13.8. The number of hydrogen-bond donors (Lipinski definition) is 2. The molecule has 18 heavy (non-hydrogen) atoms. The summed E-state index contributed by atoms with van der Waals surface area (Å²) in [6.07, 6.45) is 5.28. The van der Waals surface area contributed by atoms with E-state index in [2.05, 4.69) is 40.3 Å². The van der Waals surface area contributed by atoms with Gasteiger partial charge in [-0.15, -0.1) is 0 Å². The van der Waals surface area contributed by atoms with Gasteiger partial charge in [0.1, 0.15) is 4.99 Å². The number of thiocarbonyl (C=S) groups is 1. The number of rotatable bonds is 3. The molecule has 2 atom stereocenters. The van der Waals surface area contributed by atoms with E-state index in [0.29, 0.717) is 11.0 Å². The lowest BCUT2D eigenvalue weighted by Crippen LogP contribution is -2.30. The van der Waals surface area contributed by atoms with Crippen LogP contribution in [0.4, 0.5) is 5.69 Å². The van der Waals surface area contributed by atoms with Crippen molar-refractivity contribution in [2.24, 2.45) is 11.7 Å². The molecule has 0 aromatic heterocycles. The van der Waals surface area contributed by atoms with Crippen LogP contribution in [-0.4, -0.2) is 11.0 Å². The van der Waals surface area contributed by atoms with Gasteiger partial charge in [0.05, 0.1) is 0 Å². The zero-order valence-electron chi connectivity index (χ0n) is 10.6. The monoisotopic (exact) mass is 326 g/mol. The minimum absolute atomic E-state index is 0.430. The molecule has 2 rings (SSSR count). The summed E-state index contributed by atoms with van der Waals surface area (Å²) < 4.78 is 0.962. The van der Waals surface area contributed by atoms with E-state index in [-0.39, 0.29) is 0 Å². The number of nitrogens with one attached hydrogen (secondary N) is 1. The van der Waals surface area contributed by atoms with Crippen molar-refractivity contribution in [3.05, 3.63) is 28.2 Å².